The number of carbonyl (C=O) groups is 2. The number of aromatic nitrogens is 3. The highest BCUT2D eigenvalue weighted by atomic mass is 32.1. The average molecular weight is 538 g/mol. The maximum absolute atomic E-state index is 14.0. The summed E-state index contributed by atoms with van der Waals surface area (Å²) in [7, 11) is 0. The van der Waals surface area contributed by atoms with Crippen LogP contribution in [0.1, 0.15) is 66.1 Å². The Morgan fingerprint density at radius 1 is 1.08 bits per heavy atom. The van der Waals surface area contributed by atoms with Crippen molar-refractivity contribution in [2.24, 2.45) is 5.92 Å². The fraction of sp³-hybridized carbons (Fsp3) is 0.290. The largest absolute Gasteiger partial charge is 0.347 e. The molecule has 39 heavy (non-hydrogen) atoms. The van der Waals surface area contributed by atoms with Gasteiger partial charge in [-0.05, 0) is 73.2 Å². The lowest BCUT2D eigenvalue weighted by Crippen LogP contribution is -2.39. The molecule has 2 N–H and O–H groups in total. The van der Waals surface area contributed by atoms with Gasteiger partial charge in [-0.2, -0.15) is 0 Å². The highest BCUT2D eigenvalue weighted by Crippen LogP contribution is 2.36. The number of amides is 2. The summed E-state index contributed by atoms with van der Waals surface area (Å²) in [5.74, 6) is 0.804. The first-order valence-electron chi connectivity index (χ1n) is 13.6. The summed E-state index contributed by atoms with van der Waals surface area (Å²) in [5, 5.41) is 3.93. The normalized spacial score (nSPS) is 14.9. The van der Waals surface area contributed by atoms with Gasteiger partial charge in [0.15, 0.2) is 0 Å². The molecule has 198 valence electrons. The van der Waals surface area contributed by atoms with E-state index in [0.29, 0.717) is 11.4 Å². The third-order valence-corrected chi connectivity index (χ3v) is 8.68. The Morgan fingerprint density at radius 3 is 2.72 bits per heavy atom. The molecule has 5 aromatic rings. The summed E-state index contributed by atoms with van der Waals surface area (Å²) in [6.45, 7) is 2.46. The molecule has 0 saturated heterocycles. The lowest BCUT2D eigenvalue weighted by Gasteiger charge is -2.33. The van der Waals surface area contributed by atoms with E-state index < -0.39 is 0 Å². The number of aromatic amines is 1. The lowest BCUT2D eigenvalue weighted by molar-refractivity contribution is -0.123. The van der Waals surface area contributed by atoms with E-state index in [1.165, 1.54) is 17.8 Å². The van der Waals surface area contributed by atoms with E-state index >= 15 is 0 Å². The number of rotatable bonds is 7. The zero-order valence-corrected chi connectivity index (χ0v) is 22.7. The number of pyridine rings is 1. The number of nitrogens with one attached hydrogen (secondary N) is 2. The molecule has 0 spiro atoms. The molecule has 8 heteroatoms. The molecular formula is C31H31N5O2S. The summed E-state index contributed by atoms with van der Waals surface area (Å²) in [5.41, 5.74) is 3.62. The van der Waals surface area contributed by atoms with Gasteiger partial charge >= 0.3 is 0 Å². The van der Waals surface area contributed by atoms with Crippen molar-refractivity contribution >= 4 is 50.0 Å². The fourth-order valence-electron chi connectivity index (χ4n) is 5.45. The van der Waals surface area contributed by atoms with Gasteiger partial charge < -0.3 is 15.2 Å². The number of para-hydroxylation sites is 2. The Morgan fingerprint density at radius 2 is 1.92 bits per heavy atom. The molecule has 1 saturated carbocycles. The van der Waals surface area contributed by atoms with Crippen molar-refractivity contribution in [1.82, 2.24) is 20.3 Å². The fourth-order valence-corrected chi connectivity index (χ4v) is 6.40. The minimum atomic E-state index is -0.273. The minimum Gasteiger partial charge on any atom is -0.347 e. The number of hydrogen-bond acceptors (Lipinski definition) is 5. The van der Waals surface area contributed by atoms with Crippen LogP contribution in [0.25, 0.3) is 21.1 Å². The Labute approximate surface area is 231 Å². The van der Waals surface area contributed by atoms with Crippen LogP contribution in [0.5, 0.6) is 0 Å². The van der Waals surface area contributed by atoms with Crippen LogP contribution in [0.4, 0.5) is 5.69 Å². The molecule has 3 heterocycles. The molecule has 1 aliphatic carbocycles. The van der Waals surface area contributed by atoms with Crippen molar-refractivity contribution in [2.75, 3.05) is 4.90 Å². The summed E-state index contributed by atoms with van der Waals surface area (Å²) in [6, 6.07) is 19.4. The van der Waals surface area contributed by atoms with Crippen LogP contribution in [-0.4, -0.2) is 26.8 Å². The zero-order chi connectivity index (χ0) is 26.8. The molecule has 1 unspecified atom stereocenters. The molecule has 0 aliphatic heterocycles. The van der Waals surface area contributed by atoms with E-state index in [-0.39, 0.29) is 23.8 Å². The predicted molar refractivity (Wildman–Crippen MR) is 156 cm³/mol. The van der Waals surface area contributed by atoms with E-state index in [4.69, 9.17) is 4.98 Å². The average Bonchev–Trinajstić information content (AvgIpc) is 3.61. The summed E-state index contributed by atoms with van der Waals surface area (Å²) < 4.78 is 1.01. The number of hydrogen-bond donors (Lipinski definition) is 2. The molecule has 6 rings (SSSR count). The Kier molecular flexibility index (Phi) is 7.11. The maximum Gasteiger partial charge on any atom is 0.261 e. The summed E-state index contributed by atoms with van der Waals surface area (Å²) in [4.78, 5) is 41.8. The van der Waals surface area contributed by atoms with Crippen molar-refractivity contribution in [3.05, 3.63) is 89.3 Å². The van der Waals surface area contributed by atoms with Crippen LogP contribution >= 0.6 is 11.3 Å². The molecule has 1 aliphatic rings. The van der Waals surface area contributed by atoms with Crippen molar-refractivity contribution < 1.29 is 9.59 Å². The van der Waals surface area contributed by atoms with Crippen molar-refractivity contribution in [2.45, 2.75) is 51.6 Å². The molecule has 1 fully saturated rings. The number of nitrogens with zero attached hydrogens (tertiary/aromatic N) is 3. The quantitative estimate of drug-likeness (QED) is 0.239. The maximum atomic E-state index is 14.0. The van der Waals surface area contributed by atoms with Crippen LogP contribution in [0.3, 0.4) is 0 Å². The van der Waals surface area contributed by atoms with Gasteiger partial charge in [0.1, 0.15) is 5.82 Å². The van der Waals surface area contributed by atoms with Crippen molar-refractivity contribution in [3.8, 4) is 0 Å². The predicted octanol–water partition coefficient (Wildman–Crippen LogP) is 6.78. The Balaban J connectivity index is 1.31. The molecule has 1 atom stereocenters. The van der Waals surface area contributed by atoms with Crippen LogP contribution in [0.2, 0.25) is 0 Å². The van der Waals surface area contributed by atoms with Crippen LogP contribution in [-0.2, 0) is 11.3 Å². The monoisotopic (exact) mass is 537 g/mol. The Hall–Kier alpha value is -4.04. The molecular weight excluding hydrogens is 506 g/mol. The number of benzene rings is 2. The number of anilines is 1. The molecule has 2 aromatic carbocycles. The van der Waals surface area contributed by atoms with E-state index in [9.17, 15) is 9.59 Å². The highest BCUT2D eigenvalue weighted by Gasteiger charge is 2.32. The molecule has 0 radical (unpaired) electrons. The van der Waals surface area contributed by atoms with Crippen molar-refractivity contribution in [1.29, 1.82) is 0 Å². The summed E-state index contributed by atoms with van der Waals surface area (Å²) >= 11 is 1.46. The molecule has 7 nitrogen and oxygen atoms in total. The third-order valence-electron chi connectivity index (χ3n) is 7.56. The number of imidazole rings is 1. The zero-order valence-electron chi connectivity index (χ0n) is 21.9. The first-order chi connectivity index (χ1) is 19.1. The highest BCUT2D eigenvalue weighted by molar-refractivity contribution is 7.20. The topological polar surface area (TPSA) is 91.0 Å². The van der Waals surface area contributed by atoms with Gasteiger partial charge in [-0.25, -0.2) is 4.98 Å². The molecule has 2 amide bonds. The van der Waals surface area contributed by atoms with Gasteiger partial charge in [-0.1, -0.05) is 37.5 Å². The third kappa shape index (κ3) is 5.29. The lowest BCUT2D eigenvalue weighted by atomic mass is 9.87. The number of fused-ring (bicyclic) bond motifs is 2. The second kappa shape index (κ2) is 11.0. The standard InChI is InChI=1S/C31H31N5O2S/c1-20(29-34-25-11-5-6-12-26(25)35-29)36(31(38)22-9-3-2-4-10-22)24-13-14-27-23(16-24)17-28(39-27)30(37)33-19-21-8-7-15-32-18-21/h5-8,11-18,20,22H,2-4,9-10,19H2,1H3,(H,33,37)(H,34,35). The van der Waals surface area contributed by atoms with Crippen LogP contribution < -0.4 is 10.2 Å². The van der Waals surface area contributed by atoms with Crippen molar-refractivity contribution in [3.63, 3.8) is 0 Å². The van der Waals surface area contributed by atoms with Gasteiger partial charge in [0.2, 0.25) is 5.91 Å². The summed E-state index contributed by atoms with van der Waals surface area (Å²) in [6.07, 6.45) is 8.67. The molecule has 3 aromatic heterocycles. The van der Waals surface area contributed by atoms with E-state index in [0.717, 1.165) is 63.9 Å². The van der Waals surface area contributed by atoms with Gasteiger partial charge in [0.05, 0.1) is 22.0 Å². The van der Waals surface area contributed by atoms with Gasteiger partial charge in [-0.15, -0.1) is 11.3 Å². The van der Waals surface area contributed by atoms with Gasteiger partial charge in [0, 0.05) is 35.2 Å². The van der Waals surface area contributed by atoms with Gasteiger partial charge in [-0.3, -0.25) is 14.6 Å². The molecule has 0 bridgehead atoms. The van der Waals surface area contributed by atoms with E-state index in [1.807, 2.05) is 72.5 Å². The Bertz CT molecular complexity index is 1590. The van der Waals surface area contributed by atoms with E-state index in [2.05, 4.69) is 15.3 Å². The van der Waals surface area contributed by atoms with E-state index in [1.54, 1.807) is 12.4 Å². The minimum absolute atomic E-state index is 0.0116. The number of H-pyrrole nitrogens is 1. The van der Waals surface area contributed by atoms with Gasteiger partial charge in [0.25, 0.3) is 5.91 Å². The first kappa shape index (κ1) is 25.2. The first-order valence-corrected chi connectivity index (χ1v) is 14.4. The van der Waals surface area contributed by atoms with Crippen LogP contribution in [0.15, 0.2) is 73.1 Å². The number of carbonyl (C=O) groups excluding carboxylic acids is 2. The van der Waals surface area contributed by atoms with Crippen LogP contribution in [0, 0.1) is 5.92 Å². The SMILES string of the molecule is CC(c1nc2ccccc2[nH]1)N(C(=O)C1CCCCC1)c1ccc2sc(C(=O)NCc3cccnc3)cc2c1. The smallest absolute Gasteiger partial charge is 0.261 e. The second-order valence-electron chi connectivity index (χ2n) is 10.2. The second-order valence-corrected chi connectivity index (χ2v) is 11.3. The number of thiophene rings is 1.